The molecule has 30 heavy (non-hydrogen) atoms. The summed E-state index contributed by atoms with van der Waals surface area (Å²) in [6.07, 6.45) is 28.4. The van der Waals surface area contributed by atoms with Crippen LogP contribution in [0.25, 0.3) is 0 Å². The molecule has 2 N–H and O–H groups in total. The first kappa shape index (κ1) is 31.5. The molecule has 0 rings (SSSR count). The van der Waals surface area contributed by atoms with Gasteiger partial charge in [-0.2, -0.15) is 10.5 Å². The summed E-state index contributed by atoms with van der Waals surface area (Å²) >= 11 is 3.03. The Labute approximate surface area is 197 Å². The van der Waals surface area contributed by atoms with Crippen molar-refractivity contribution in [3.63, 3.8) is 0 Å². The van der Waals surface area contributed by atoms with Gasteiger partial charge in [-0.3, -0.25) is 9.44 Å². The van der Waals surface area contributed by atoms with Gasteiger partial charge in [0.1, 0.15) is 0 Å². The molecule has 0 aliphatic carbocycles. The van der Waals surface area contributed by atoms with Crippen LogP contribution in [0.5, 0.6) is 0 Å². The largest absolute Gasteiger partial charge is 0.267 e. The summed E-state index contributed by atoms with van der Waals surface area (Å²) in [5, 5.41) is 16.5. The zero-order valence-corrected chi connectivity index (χ0v) is 21.5. The van der Waals surface area contributed by atoms with E-state index in [0.717, 1.165) is 11.5 Å². The summed E-state index contributed by atoms with van der Waals surface area (Å²) in [6.45, 7) is 4.51. The van der Waals surface area contributed by atoms with E-state index >= 15 is 0 Å². The molecule has 0 saturated heterocycles. The van der Waals surface area contributed by atoms with Gasteiger partial charge in [0.2, 0.25) is 0 Å². The highest BCUT2D eigenvalue weighted by Gasteiger charge is 1.93. The summed E-state index contributed by atoms with van der Waals surface area (Å²) in [7, 11) is 0. The van der Waals surface area contributed by atoms with Crippen LogP contribution in [0.15, 0.2) is 0 Å². The Morgan fingerprint density at radius 1 is 0.467 bits per heavy atom. The number of hydrogen-bond acceptors (Lipinski definition) is 6. The highest BCUT2D eigenvalue weighted by Crippen LogP contribution is 2.11. The zero-order valence-electron chi connectivity index (χ0n) is 19.9. The van der Waals surface area contributed by atoms with Crippen molar-refractivity contribution in [3.05, 3.63) is 0 Å². The molecule has 0 aromatic heterocycles. The van der Waals surface area contributed by atoms with Crippen molar-refractivity contribution in [2.75, 3.05) is 11.5 Å². The topological polar surface area (TPSA) is 71.6 Å². The van der Waals surface area contributed by atoms with Crippen LogP contribution >= 0.6 is 23.9 Å². The Bertz CT molecular complexity index is 344. The summed E-state index contributed by atoms with van der Waals surface area (Å²) in [5.41, 5.74) is 0. The van der Waals surface area contributed by atoms with E-state index in [1.807, 2.05) is 12.4 Å². The standard InChI is InChI=1S/2C12H24N2S/c2*1-2-3-4-5-6-7-8-9-10-11-15-14-12-13/h2*14H,2-11H2,1H3. The van der Waals surface area contributed by atoms with E-state index < -0.39 is 0 Å². The molecule has 0 bridgehead atoms. The van der Waals surface area contributed by atoms with E-state index in [1.54, 1.807) is 0 Å². The van der Waals surface area contributed by atoms with Gasteiger partial charge in [0.25, 0.3) is 0 Å². The fraction of sp³-hybridized carbons (Fsp3) is 0.917. The quantitative estimate of drug-likeness (QED) is 0.0736. The van der Waals surface area contributed by atoms with Crippen molar-refractivity contribution in [2.45, 2.75) is 129 Å². The molecule has 176 valence electrons. The second kappa shape index (κ2) is 32.9. The molecule has 4 nitrogen and oxygen atoms in total. The lowest BCUT2D eigenvalue weighted by molar-refractivity contribution is 0.573. The first-order chi connectivity index (χ1) is 14.8. The average Bonchev–Trinajstić information content (AvgIpc) is 2.76. The van der Waals surface area contributed by atoms with Gasteiger partial charge >= 0.3 is 0 Å². The van der Waals surface area contributed by atoms with Crippen molar-refractivity contribution in [1.29, 1.82) is 10.5 Å². The predicted molar refractivity (Wildman–Crippen MR) is 137 cm³/mol. The number of nitrogens with zero attached hydrogens (tertiary/aromatic N) is 2. The molecule has 0 spiro atoms. The Balaban J connectivity index is 0. The number of hydrogen-bond donors (Lipinski definition) is 2. The molecule has 0 aliphatic heterocycles. The Hall–Kier alpha value is -0.720. The minimum atomic E-state index is 1.06. The fourth-order valence-electron chi connectivity index (χ4n) is 3.14. The first-order valence-corrected chi connectivity index (χ1v) is 14.3. The van der Waals surface area contributed by atoms with Gasteiger partial charge in [-0.1, -0.05) is 117 Å². The lowest BCUT2D eigenvalue weighted by Gasteiger charge is -2.01. The Kier molecular flexibility index (Phi) is 34.5. The molecule has 0 radical (unpaired) electrons. The van der Waals surface area contributed by atoms with Gasteiger partial charge in [0.05, 0.1) is 0 Å². The van der Waals surface area contributed by atoms with Gasteiger partial charge in [-0.25, -0.2) is 0 Å². The molecule has 0 atom stereocenters. The molecule has 0 saturated carbocycles. The van der Waals surface area contributed by atoms with Crippen molar-refractivity contribution in [1.82, 2.24) is 9.44 Å². The van der Waals surface area contributed by atoms with Gasteiger partial charge in [-0.05, 0) is 36.7 Å². The van der Waals surface area contributed by atoms with Crippen LogP contribution in [0.3, 0.4) is 0 Å². The van der Waals surface area contributed by atoms with Crippen molar-refractivity contribution < 1.29 is 0 Å². The molecule has 0 aromatic rings. The molecule has 0 fully saturated rings. The summed E-state index contributed by atoms with van der Waals surface area (Å²) in [4.78, 5) is 0. The second-order valence-electron chi connectivity index (χ2n) is 7.78. The maximum atomic E-state index is 8.23. The monoisotopic (exact) mass is 456 g/mol. The normalized spacial score (nSPS) is 9.87. The van der Waals surface area contributed by atoms with Crippen molar-refractivity contribution in [3.8, 4) is 12.4 Å². The van der Waals surface area contributed by atoms with E-state index in [-0.39, 0.29) is 0 Å². The average molecular weight is 457 g/mol. The van der Waals surface area contributed by atoms with Crippen molar-refractivity contribution in [2.24, 2.45) is 0 Å². The summed E-state index contributed by atoms with van der Waals surface area (Å²) in [6, 6.07) is 0. The fourth-order valence-corrected chi connectivity index (χ4v) is 4.17. The van der Waals surface area contributed by atoms with E-state index in [2.05, 4.69) is 23.3 Å². The van der Waals surface area contributed by atoms with E-state index in [9.17, 15) is 0 Å². The second-order valence-corrected chi connectivity index (χ2v) is 9.58. The van der Waals surface area contributed by atoms with Crippen molar-refractivity contribution >= 4 is 23.9 Å². The van der Waals surface area contributed by atoms with Crippen LogP contribution in [-0.2, 0) is 0 Å². The highest BCUT2D eigenvalue weighted by atomic mass is 32.2. The van der Waals surface area contributed by atoms with Gasteiger partial charge in [0.15, 0.2) is 12.4 Å². The third-order valence-electron chi connectivity index (χ3n) is 4.94. The molecule has 0 heterocycles. The SMILES string of the molecule is CCCCCCCCCCCSNC#N.CCCCCCCCCCCSNC#N. The number of unbranched alkanes of at least 4 members (excludes halogenated alkanes) is 16. The van der Waals surface area contributed by atoms with Crippen LogP contribution < -0.4 is 9.44 Å². The maximum Gasteiger partial charge on any atom is 0.187 e. The van der Waals surface area contributed by atoms with Crippen LogP contribution in [0.1, 0.15) is 129 Å². The molecule has 0 amide bonds. The Morgan fingerprint density at radius 2 is 0.733 bits per heavy atom. The molecular weight excluding hydrogens is 408 g/mol. The molecule has 0 aromatic carbocycles. The third kappa shape index (κ3) is 34.8. The minimum absolute atomic E-state index is 1.06. The molecule has 0 unspecified atom stereocenters. The molecule has 0 aliphatic rings. The molecular formula is C24H48N4S2. The van der Waals surface area contributed by atoms with Crippen LogP contribution in [0, 0.1) is 22.9 Å². The summed E-state index contributed by atoms with van der Waals surface area (Å²) in [5.74, 6) is 2.12. The van der Waals surface area contributed by atoms with E-state index in [0.29, 0.717) is 0 Å². The number of nitrogens with one attached hydrogen (secondary N) is 2. The number of nitriles is 2. The first-order valence-electron chi connectivity index (χ1n) is 12.3. The van der Waals surface area contributed by atoms with Gasteiger partial charge in [-0.15, -0.1) is 0 Å². The lowest BCUT2D eigenvalue weighted by atomic mass is 10.1. The number of rotatable bonds is 22. The Morgan fingerprint density at radius 3 is 1.00 bits per heavy atom. The predicted octanol–water partition coefficient (Wildman–Crippen LogP) is 8.47. The van der Waals surface area contributed by atoms with Crippen LogP contribution in [0.4, 0.5) is 0 Å². The lowest BCUT2D eigenvalue weighted by Crippen LogP contribution is -1.93. The van der Waals surface area contributed by atoms with Gasteiger partial charge < -0.3 is 0 Å². The third-order valence-corrected chi connectivity index (χ3v) is 6.39. The van der Waals surface area contributed by atoms with Crippen LogP contribution in [0.2, 0.25) is 0 Å². The zero-order chi connectivity index (χ0) is 22.4. The highest BCUT2D eigenvalue weighted by molar-refractivity contribution is 7.97. The van der Waals surface area contributed by atoms with E-state index in [4.69, 9.17) is 10.5 Å². The van der Waals surface area contributed by atoms with E-state index in [1.165, 1.54) is 139 Å². The van der Waals surface area contributed by atoms with Crippen LogP contribution in [-0.4, -0.2) is 11.5 Å². The molecule has 6 heteroatoms. The minimum Gasteiger partial charge on any atom is -0.267 e. The maximum absolute atomic E-state index is 8.23. The summed E-state index contributed by atoms with van der Waals surface area (Å²) < 4.78 is 5.19. The smallest absolute Gasteiger partial charge is 0.187 e. The van der Waals surface area contributed by atoms with Gasteiger partial charge in [0, 0.05) is 11.5 Å².